The van der Waals surface area contributed by atoms with E-state index in [2.05, 4.69) is 4.84 Å². The van der Waals surface area contributed by atoms with Gasteiger partial charge in [0.1, 0.15) is 0 Å². The van der Waals surface area contributed by atoms with Gasteiger partial charge in [-0.3, -0.25) is 4.84 Å². The Morgan fingerprint density at radius 3 is 2.00 bits per heavy atom. The molecular formula is C6H2Cl5N. The molecule has 66 valence electrons. The maximum Gasteiger partial charge on any atom is 0.0852 e. The molecule has 0 heterocycles. The van der Waals surface area contributed by atoms with Crippen LogP contribution in [0.15, 0.2) is 6.07 Å². The van der Waals surface area contributed by atoms with Crippen molar-refractivity contribution >= 4 is 63.9 Å². The molecule has 0 aliphatic rings. The Hall–Kier alpha value is 0.470. The van der Waals surface area contributed by atoms with E-state index >= 15 is 0 Å². The smallest absolute Gasteiger partial charge is 0.0852 e. The zero-order valence-electron chi connectivity index (χ0n) is 5.47. The number of halogens is 5. The number of nitrogens with one attached hydrogen (secondary N) is 1. The van der Waals surface area contributed by atoms with E-state index in [0.29, 0.717) is 10.7 Å². The number of anilines is 1. The third-order valence-corrected chi connectivity index (χ3v) is 3.16. The maximum atomic E-state index is 5.75. The van der Waals surface area contributed by atoms with Crippen molar-refractivity contribution < 1.29 is 0 Å². The summed E-state index contributed by atoms with van der Waals surface area (Å²) in [6.45, 7) is 0. The Morgan fingerprint density at radius 2 is 1.50 bits per heavy atom. The van der Waals surface area contributed by atoms with Crippen molar-refractivity contribution in [1.82, 2.24) is 0 Å². The fourth-order valence-electron chi connectivity index (χ4n) is 0.642. The normalized spacial score (nSPS) is 10.1. The second kappa shape index (κ2) is 4.12. The standard InChI is InChI=1S/C6H2Cl5N/c7-2-1-3(12-11)5(9)6(10)4(2)8/h1,12H. The molecule has 1 aromatic carbocycles. The maximum absolute atomic E-state index is 5.75. The second-order valence-corrected chi connectivity index (χ2v) is 3.67. The summed E-state index contributed by atoms with van der Waals surface area (Å²) in [5, 5.41) is 0.961. The first-order chi connectivity index (χ1) is 5.57. The Labute approximate surface area is 94.6 Å². The van der Waals surface area contributed by atoms with Gasteiger partial charge in [0.05, 0.1) is 25.8 Å². The van der Waals surface area contributed by atoms with E-state index in [-0.39, 0.29) is 15.1 Å². The van der Waals surface area contributed by atoms with E-state index in [1.54, 1.807) is 0 Å². The van der Waals surface area contributed by atoms with E-state index < -0.39 is 0 Å². The molecule has 1 nitrogen and oxygen atoms in total. The SMILES string of the molecule is ClNc1cc(Cl)c(Cl)c(Cl)c1Cl. The van der Waals surface area contributed by atoms with Crippen molar-refractivity contribution in [3.63, 3.8) is 0 Å². The van der Waals surface area contributed by atoms with Crippen LogP contribution in [0.1, 0.15) is 0 Å². The summed E-state index contributed by atoms with van der Waals surface area (Å²) in [4.78, 5) is 2.32. The lowest BCUT2D eigenvalue weighted by Gasteiger charge is -2.06. The molecule has 6 heteroatoms. The van der Waals surface area contributed by atoms with Crippen LogP contribution in [0.4, 0.5) is 5.69 Å². The first kappa shape index (κ1) is 10.6. The second-order valence-electron chi connectivity index (χ2n) is 1.94. The third kappa shape index (κ3) is 1.86. The summed E-state index contributed by atoms with van der Waals surface area (Å²) in [5.74, 6) is 0. The van der Waals surface area contributed by atoms with Crippen LogP contribution in [-0.2, 0) is 0 Å². The van der Waals surface area contributed by atoms with Crippen LogP contribution in [0, 0.1) is 0 Å². The van der Waals surface area contributed by atoms with Crippen LogP contribution >= 0.6 is 58.2 Å². The van der Waals surface area contributed by atoms with E-state index in [4.69, 9.17) is 58.2 Å². The highest BCUT2D eigenvalue weighted by atomic mass is 35.5. The Bertz CT molecular complexity index is 311. The number of benzene rings is 1. The van der Waals surface area contributed by atoms with Crippen LogP contribution < -0.4 is 4.84 Å². The zero-order valence-corrected chi connectivity index (χ0v) is 9.25. The molecule has 1 N–H and O–H groups in total. The molecule has 0 spiro atoms. The lowest BCUT2D eigenvalue weighted by atomic mass is 10.3. The fraction of sp³-hybridized carbons (Fsp3) is 0. The molecule has 0 radical (unpaired) electrons. The Kier molecular flexibility index (Phi) is 3.62. The van der Waals surface area contributed by atoms with Gasteiger partial charge in [0.15, 0.2) is 0 Å². The minimum Gasteiger partial charge on any atom is -0.297 e. The molecule has 0 aliphatic heterocycles. The molecule has 0 bridgehead atoms. The van der Waals surface area contributed by atoms with Gasteiger partial charge in [0, 0.05) is 11.8 Å². The highest BCUT2D eigenvalue weighted by Gasteiger charge is 2.12. The number of hydrogen-bond donors (Lipinski definition) is 1. The van der Waals surface area contributed by atoms with Crippen LogP contribution in [0.3, 0.4) is 0 Å². The van der Waals surface area contributed by atoms with Crippen LogP contribution in [0.2, 0.25) is 20.1 Å². The Balaban J connectivity index is 3.39. The minimum atomic E-state index is 0.189. The monoisotopic (exact) mass is 263 g/mol. The van der Waals surface area contributed by atoms with Crippen molar-refractivity contribution in [1.29, 1.82) is 0 Å². The summed E-state index contributed by atoms with van der Waals surface area (Å²) in [6.07, 6.45) is 0. The summed E-state index contributed by atoms with van der Waals surface area (Å²) in [6, 6.07) is 1.49. The molecule has 1 aromatic rings. The van der Waals surface area contributed by atoms with Crippen molar-refractivity contribution in [2.75, 3.05) is 4.84 Å². The molecule has 0 aromatic heterocycles. The van der Waals surface area contributed by atoms with Gasteiger partial charge in [0.2, 0.25) is 0 Å². The predicted molar refractivity (Wildman–Crippen MR) is 56.0 cm³/mol. The van der Waals surface area contributed by atoms with Gasteiger partial charge < -0.3 is 0 Å². The summed E-state index contributed by atoms with van der Waals surface area (Å²) >= 11 is 28.2. The van der Waals surface area contributed by atoms with E-state index in [1.165, 1.54) is 6.07 Å². The first-order valence-corrected chi connectivity index (χ1v) is 4.66. The van der Waals surface area contributed by atoms with Gasteiger partial charge >= 0.3 is 0 Å². The van der Waals surface area contributed by atoms with Crippen molar-refractivity contribution in [2.45, 2.75) is 0 Å². The lowest BCUT2D eigenvalue weighted by Crippen LogP contribution is -1.84. The minimum absolute atomic E-state index is 0.189. The van der Waals surface area contributed by atoms with Gasteiger partial charge in [-0.15, -0.1) is 0 Å². The fourth-order valence-corrected chi connectivity index (χ4v) is 1.69. The zero-order chi connectivity index (χ0) is 9.30. The van der Waals surface area contributed by atoms with Crippen LogP contribution in [0.5, 0.6) is 0 Å². The topological polar surface area (TPSA) is 12.0 Å². The predicted octanol–water partition coefficient (Wildman–Crippen LogP) is 4.87. The van der Waals surface area contributed by atoms with Crippen LogP contribution in [-0.4, -0.2) is 0 Å². The first-order valence-electron chi connectivity index (χ1n) is 2.77. The summed E-state index contributed by atoms with van der Waals surface area (Å²) < 4.78 is 0. The van der Waals surface area contributed by atoms with Crippen molar-refractivity contribution in [3.05, 3.63) is 26.2 Å². The van der Waals surface area contributed by atoms with E-state index in [9.17, 15) is 0 Å². The molecule has 0 saturated heterocycles. The average molecular weight is 265 g/mol. The highest BCUT2D eigenvalue weighted by molar-refractivity contribution is 6.53. The Morgan fingerprint density at radius 1 is 0.917 bits per heavy atom. The summed E-state index contributed by atoms with van der Waals surface area (Å²) in [7, 11) is 0. The van der Waals surface area contributed by atoms with E-state index in [1.807, 2.05) is 0 Å². The highest BCUT2D eigenvalue weighted by Crippen LogP contribution is 2.40. The lowest BCUT2D eigenvalue weighted by molar-refractivity contribution is 1.67. The largest absolute Gasteiger partial charge is 0.297 e. The van der Waals surface area contributed by atoms with E-state index in [0.717, 1.165) is 0 Å². The molecule has 0 saturated carbocycles. The summed E-state index contributed by atoms with van der Waals surface area (Å²) in [5.41, 5.74) is 0.428. The van der Waals surface area contributed by atoms with Crippen molar-refractivity contribution in [3.8, 4) is 0 Å². The number of rotatable bonds is 1. The van der Waals surface area contributed by atoms with Gasteiger partial charge in [-0.2, -0.15) is 0 Å². The molecule has 0 unspecified atom stereocenters. The molecule has 0 fully saturated rings. The quantitative estimate of drug-likeness (QED) is 0.434. The van der Waals surface area contributed by atoms with Gasteiger partial charge in [-0.1, -0.05) is 46.4 Å². The number of hydrogen-bond acceptors (Lipinski definition) is 1. The molecule has 0 aliphatic carbocycles. The molecular weight excluding hydrogens is 263 g/mol. The molecule has 1 rings (SSSR count). The molecule has 0 atom stereocenters. The van der Waals surface area contributed by atoms with Crippen LogP contribution in [0.25, 0.3) is 0 Å². The van der Waals surface area contributed by atoms with Gasteiger partial charge in [0.25, 0.3) is 0 Å². The van der Waals surface area contributed by atoms with Gasteiger partial charge in [-0.05, 0) is 6.07 Å². The molecule has 0 amide bonds. The average Bonchev–Trinajstić information content (AvgIpc) is 2.08. The van der Waals surface area contributed by atoms with Crippen molar-refractivity contribution in [2.24, 2.45) is 0 Å². The molecule has 12 heavy (non-hydrogen) atoms. The third-order valence-electron chi connectivity index (χ3n) is 1.20. The van der Waals surface area contributed by atoms with Gasteiger partial charge in [-0.25, -0.2) is 0 Å².